The molecule has 0 aromatic rings. The number of nitrogens with two attached hydrogens (primary N) is 1. The average Bonchev–Trinajstić information content (AvgIpc) is 2.49. The van der Waals surface area contributed by atoms with E-state index >= 15 is 0 Å². The van der Waals surface area contributed by atoms with E-state index < -0.39 is 5.54 Å². The predicted molar refractivity (Wildman–Crippen MR) is 87.1 cm³/mol. The monoisotopic (exact) mass is 295 g/mol. The molecule has 2 aliphatic rings. The maximum Gasteiger partial charge on any atom is 0.240 e. The van der Waals surface area contributed by atoms with E-state index in [1.807, 2.05) is 0 Å². The molecule has 4 heteroatoms. The van der Waals surface area contributed by atoms with E-state index in [1.165, 1.54) is 45.3 Å². The topological polar surface area (TPSA) is 58.4 Å². The molecular weight excluding hydrogens is 262 g/mol. The largest absolute Gasteiger partial charge is 0.355 e. The minimum absolute atomic E-state index is 0.0778. The number of nitrogens with one attached hydrogen (secondary N) is 1. The number of hydrogen-bond acceptors (Lipinski definition) is 3. The maximum absolute atomic E-state index is 12.2. The van der Waals surface area contributed by atoms with Crippen LogP contribution in [-0.2, 0) is 4.79 Å². The molecule has 1 saturated carbocycles. The van der Waals surface area contributed by atoms with Gasteiger partial charge >= 0.3 is 0 Å². The Morgan fingerprint density at radius 2 is 1.86 bits per heavy atom. The lowest BCUT2D eigenvalue weighted by molar-refractivity contribution is -0.127. The highest BCUT2D eigenvalue weighted by molar-refractivity contribution is 5.86. The Morgan fingerprint density at radius 1 is 1.19 bits per heavy atom. The van der Waals surface area contributed by atoms with Gasteiger partial charge in [0.15, 0.2) is 0 Å². The molecule has 0 aromatic carbocycles. The van der Waals surface area contributed by atoms with Crippen molar-refractivity contribution in [1.29, 1.82) is 0 Å². The first-order valence-electron chi connectivity index (χ1n) is 8.90. The van der Waals surface area contributed by atoms with Crippen molar-refractivity contribution in [1.82, 2.24) is 10.2 Å². The predicted octanol–water partition coefficient (Wildman–Crippen LogP) is 2.28. The van der Waals surface area contributed by atoms with Crippen molar-refractivity contribution < 1.29 is 4.79 Å². The quantitative estimate of drug-likeness (QED) is 0.739. The van der Waals surface area contributed by atoms with E-state index in [9.17, 15) is 4.79 Å². The molecule has 21 heavy (non-hydrogen) atoms. The first kappa shape index (κ1) is 16.8. The van der Waals surface area contributed by atoms with Gasteiger partial charge in [0.05, 0.1) is 5.54 Å². The Hall–Kier alpha value is -0.610. The molecule has 0 unspecified atom stereocenters. The second kappa shape index (κ2) is 8.14. The summed E-state index contributed by atoms with van der Waals surface area (Å²) < 4.78 is 0. The number of hydrogen-bond donors (Lipinski definition) is 2. The van der Waals surface area contributed by atoms with Crippen LogP contribution >= 0.6 is 0 Å². The van der Waals surface area contributed by atoms with E-state index in [1.54, 1.807) is 0 Å². The lowest BCUT2D eigenvalue weighted by Crippen LogP contribution is -2.55. The van der Waals surface area contributed by atoms with E-state index in [2.05, 4.69) is 17.1 Å². The Morgan fingerprint density at radius 3 is 2.52 bits per heavy atom. The van der Waals surface area contributed by atoms with E-state index in [0.29, 0.717) is 0 Å². The first-order chi connectivity index (χ1) is 10.1. The van der Waals surface area contributed by atoms with Gasteiger partial charge in [-0.05, 0) is 64.1 Å². The fourth-order valence-corrected chi connectivity index (χ4v) is 3.53. The lowest BCUT2D eigenvalue weighted by Gasteiger charge is -2.32. The Bertz CT molecular complexity index is 318. The van der Waals surface area contributed by atoms with E-state index in [-0.39, 0.29) is 5.91 Å². The Balaban J connectivity index is 1.54. The van der Waals surface area contributed by atoms with Crippen LogP contribution in [0, 0.1) is 5.92 Å². The van der Waals surface area contributed by atoms with Crippen LogP contribution in [0.2, 0.25) is 0 Å². The SMILES string of the molecule is CC1CCN(CCCCNC(=O)C2(N)CCCCC2)CC1. The molecule has 3 N–H and O–H groups in total. The number of unbranched alkanes of at least 4 members (excludes halogenated alkanes) is 1. The number of carbonyl (C=O) groups is 1. The highest BCUT2D eigenvalue weighted by Gasteiger charge is 2.34. The standard InChI is InChI=1S/C17H33N3O/c1-15-7-13-20(14-8-15)12-6-5-11-19-16(21)17(18)9-3-2-4-10-17/h15H,2-14,18H2,1H3,(H,19,21). The number of carbonyl (C=O) groups excluding carboxylic acids is 1. The van der Waals surface area contributed by atoms with Gasteiger partial charge < -0.3 is 16.0 Å². The maximum atomic E-state index is 12.2. The van der Waals surface area contributed by atoms with Gasteiger partial charge in [0.2, 0.25) is 5.91 Å². The summed E-state index contributed by atoms with van der Waals surface area (Å²) in [4.78, 5) is 14.7. The third-order valence-electron chi connectivity index (χ3n) is 5.26. The van der Waals surface area contributed by atoms with Gasteiger partial charge in [-0.3, -0.25) is 4.79 Å². The van der Waals surface area contributed by atoms with Crippen molar-refractivity contribution in [2.75, 3.05) is 26.2 Å². The summed E-state index contributed by atoms with van der Waals surface area (Å²) in [5.74, 6) is 0.978. The number of nitrogens with zero attached hydrogens (tertiary/aromatic N) is 1. The molecule has 0 radical (unpaired) electrons. The van der Waals surface area contributed by atoms with Crippen molar-refractivity contribution in [3.63, 3.8) is 0 Å². The zero-order valence-electron chi connectivity index (χ0n) is 13.7. The van der Waals surface area contributed by atoms with Gasteiger partial charge in [-0.1, -0.05) is 26.2 Å². The molecule has 4 nitrogen and oxygen atoms in total. The summed E-state index contributed by atoms with van der Waals surface area (Å²) in [7, 11) is 0. The first-order valence-corrected chi connectivity index (χ1v) is 8.90. The van der Waals surface area contributed by atoms with Crippen LogP contribution in [0.15, 0.2) is 0 Å². The summed E-state index contributed by atoms with van der Waals surface area (Å²) >= 11 is 0. The van der Waals surface area contributed by atoms with E-state index in [0.717, 1.165) is 44.6 Å². The summed E-state index contributed by atoms with van der Waals surface area (Å²) in [6.07, 6.45) is 10.0. The Labute approximate surface area is 129 Å². The van der Waals surface area contributed by atoms with Crippen LogP contribution in [0.3, 0.4) is 0 Å². The van der Waals surface area contributed by atoms with Crippen LogP contribution in [0.5, 0.6) is 0 Å². The lowest BCUT2D eigenvalue weighted by atomic mass is 9.82. The van der Waals surface area contributed by atoms with Crippen molar-refractivity contribution in [3.05, 3.63) is 0 Å². The minimum atomic E-state index is -0.582. The molecule has 1 aliphatic carbocycles. The summed E-state index contributed by atoms with van der Waals surface area (Å²) in [5, 5.41) is 3.06. The number of likely N-dealkylation sites (tertiary alicyclic amines) is 1. The summed E-state index contributed by atoms with van der Waals surface area (Å²) in [6, 6.07) is 0. The van der Waals surface area contributed by atoms with Crippen molar-refractivity contribution in [2.45, 2.75) is 70.3 Å². The molecule has 2 fully saturated rings. The van der Waals surface area contributed by atoms with Crippen molar-refractivity contribution in [3.8, 4) is 0 Å². The summed E-state index contributed by atoms with van der Waals surface area (Å²) in [6.45, 7) is 6.80. The zero-order valence-corrected chi connectivity index (χ0v) is 13.7. The molecule has 0 bridgehead atoms. The van der Waals surface area contributed by atoms with Gasteiger partial charge in [0.25, 0.3) is 0 Å². The van der Waals surface area contributed by atoms with Gasteiger partial charge in [-0.25, -0.2) is 0 Å². The molecule has 0 atom stereocenters. The number of piperidine rings is 1. The van der Waals surface area contributed by atoms with Gasteiger partial charge in [0, 0.05) is 6.54 Å². The van der Waals surface area contributed by atoms with Crippen molar-refractivity contribution >= 4 is 5.91 Å². The molecule has 2 rings (SSSR count). The molecule has 1 heterocycles. The average molecular weight is 295 g/mol. The molecule has 1 amide bonds. The van der Waals surface area contributed by atoms with Crippen LogP contribution < -0.4 is 11.1 Å². The second-order valence-electron chi connectivity index (χ2n) is 7.20. The van der Waals surface area contributed by atoms with Crippen LogP contribution in [0.1, 0.15) is 64.7 Å². The smallest absolute Gasteiger partial charge is 0.240 e. The third kappa shape index (κ3) is 5.26. The van der Waals surface area contributed by atoms with Crippen LogP contribution in [0.4, 0.5) is 0 Å². The van der Waals surface area contributed by atoms with Crippen LogP contribution in [-0.4, -0.2) is 42.5 Å². The van der Waals surface area contributed by atoms with Gasteiger partial charge in [-0.15, -0.1) is 0 Å². The summed E-state index contributed by atoms with van der Waals surface area (Å²) in [5.41, 5.74) is 5.64. The Kier molecular flexibility index (Phi) is 6.49. The normalized spacial score (nSPS) is 23.9. The molecular formula is C17H33N3O. The molecule has 122 valence electrons. The fourth-order valence-electron chi connectivity index (χ4n) is 3.53. The highest BCUT2D eigenvalue weighted by Crippen LogP contribution is 2.25. The molecule has 0 aromatic heterocycles. The van der Waals surface area contributed by atoms with Gasteiger partial charge in [-0.2, -0.15) is 0 Å². The number of amides is 1. The third-order valence-corrected chi connectivity index (χ3v) is 5.26. The minimum Gasteiger partial charge on any atom is -0.355 e. The van der Waals surface area contributed by atoms with Gasteiger partial charge in [0.1, 0.15) is 0 Å². The number of rotatable bonds is 6. The molecule has 0 spiro atoms. The zero-order chi connectivity index (χ0) is 15.1. The van der Waals surface area contributed by atoms with E-state index in [4.69, 9.17) is 5.73 Å². The van der Waals surface area contributed by atoms with Crippen molar-refractivity contribution in [2.24, 2.45) is 11.7 Å². The second-order valence-corrected chi connectivity index (χ2v) is 7.20. The highest BCUT2D eigenvalue weighted by atomic mass is 16.2. The molecule has 1 aliphatic heterocycles. The molecule has 1 saturated heterocycles. The van der Waals surface area contributed by atoms with Crippen LogP contribution in [0.25, 0.3) is 0 Å². The fraction of sp³-hybridized carbons (Fsp3) is 0.941.